The summed E-state index contributed by atoms with van der Waals surface area (Å²) in [5.41, 5.74) is 0.706. The van der Waals surface area contributed by atoms with Crippen molar-refractivity contribution in [2.75, 3.05) is 17.3 Å². The van der Waals surface area contributed by atoms with Crippen LogP contribution in [-0.4, -0.2) is 29.0 Å². The van der Waals surface area contributed by atoms with Crippen LogP contribution in [0.4, 0.5) is 5.69 Å². The van der Waals surface area contributed by atoms with Crippen LogP contribution in [0.5, 0.6) is 0 Å². The smallest absolute Gasteiger partial charge is 0.335 e. The standard InChI is InChI=1S/C11H12INO3S/c1-17-3-2-10(14)13-9-5-7(11(15)16)4-8(12)6-9/h4-6H,2-3H2,1H3,(H,13,14)(H,15,16). The molecule has 0 saturated carbocycles. The monoisotopic (exact) mass is 365 g/mol. The Morgan fingerprint density at radius 2 is 2.12 bits per heavy atom. The van der Waals surface area contributed by atoms with Gasteiger partial charge in [-0.15, -0.1) is 0 Å². The van der Waals surface area contributed by atoms with Crippen LogP contribution in [0.25, 0.3) is 0 Å². The van der Waals surface area contributed by atoms with Crippen LogP contribution >= 0.6 is 34.4 Å². The number of carbonyl (C=O) groups is 2. The zero-order chi connectivity index (χ0) is 12.8. The molecule has 0 spiro atoms. The maximum atomic E-state index is 11.5. The van der Waals surface area contributed by atoms with Crippen molar-refractivity contribution in [3.05, 3.63) is 27.3 Å². The van der Waals surface area contributed by atoms with Gasteiger partial charge >= 0.3 is 5.97 Å². The number of rotatable bonds is 5. The van der Waals surface area contributed by atoms with E-state index in [1.165, 1.54) is 6.07 Å². The van der Waals surface area contributed by atoms with Crippen molar-refractivity contribution in [3.63, 3.8) is 0 Å². The fourth-order valence-corrected chi connectivity index (χ4v) is 2.26. The second kappa shape index (κ2) is 6.85. The quantitative estimate of drug-likeness (QED) is 0.788. The third-order valence-electron chi connectivity index (χ3n) is 1.96. The Morgan fingerprint density at radius 3 is 2.71 bits per heavy atom. The Balaban J connectivity index is 2.77. The summed E-state index contributed by atoms with van der Waals surface area (Å²) in [6, 6.07) is 4.76. The number of aromatic carboxylic acids is 1. The molecule has 92 valence electrons. The second-order valence-electron chi connectivity index (χ2n) is 3.32. The second-order valence-corrected chi connectivity index (χ2v) is 5.56. The molecule has 1 aromatic rings. The third kappa shape index (κ3) is 4.95. The lowest BCUT2D eigenvalue weighted by molar-refractivity contribution is -0.115. The predicted octanol–water partition coefficient (Wildman–Crippen LogP) is 2.68. The van der Waals surface area contributed by atoms with Gasteiger partial charge in [0.1, 0.15) is 0 Å². The molecule has 0 aliphatic carbocycles. The summed E-state index contributed by atoms with van der Waals surface area (Å²) in [6.07, 6.45) is 2.36. The fraction of sp³-hybridized carbons (Fsp3) is 0.273. The van der Waals surface area contributed by atoms with Crippen LogP contribution in [0.2, 0.25) is 0 Å². The zero-order valence-corrected chi connectivity index (χ0v) is 12.2. The largest absolute Gasteiger partial charge is 0.478 e. The Hall–Kier alpha value is -0.760. The lowest BCUT2D eigenvalue weighted by Gasteiger charge is -2.06. The molecule has 4 nitrogen and oxygen atoms in total. The van der Waals surface area contributed by atoms with Gasteiger partial charge in [0.15, 0.2) is 0 Å². The van der Waals surface area contributed by atoms with Gasteiger partial charge in [-0.25, -0.2) is 4.79 Å². The van der Waals surface area contributed by atoms with Gasteiger partial charge in [-0.3, -0.25) is 4.79 Å². The predicted molar refractivity (Wildman–Crippen MR) is 77.7 cm³/mol. The molecule has 0 saturated heterocycles. The van der Waals surface area contributed by atoms with E-state index in [-0.39, 0.29) is 11.5 Å². The number of hydrogen-bond donors (Lipinski definition) is 2. The van der Waals surface area contributed by atoms with Crippen molar-refractivity contribution >= 4 is 51.9 Å². The normalized spacial score (nSPS) is 10.0. The van der Waals surface area contributed by atoms with E-state index in [1.807, 2.05) is 28.8 Å². The molecule has 2 N–H and O–H groups in total. The lowest BCUT2D eigenvalue weighted by Crippen LogP contribution is -2.13. The first kappa shape index (κ1) is 14.3. The van der Waals surface area contributed by atoms with Crippen molar-refractivity contribution < 1.29 is 14.7 Å². The number of carbonyl (C=O) groups excluding carboxylic acids is 1. The molecule has 0 unspecified atom stereocenters. The number of thioether (sulfide) groups is 1. The maximum absolute atomic E-state index is 11.5. The fourth-order valence-electron chi connectivity index (χ4n) is 1.20. The summed E-state index contributed by atoms with van der Waals surface area (Å²) in [6.45, 7) is 0. The van der Waals surface area contributed by atoms with Gasteiger partial charge in [0.25, 0.3) is 0 Å². The first-order chi connectivity index (χ1) is 8.02. The summed E-state index contributed by atoms with van der Waals surface area (Å²) < 4.78 is 0.780. The Morgan fingerprint density at radius 1 is 1.41 bits per heavy atom. The van der Waals surface area contributed by atoms with Gasteiger partial charge in [0, 0.05) is 21.4 Å². The van der Waals surface area contributed by atoms with Gasteiger partial charge < -0.3 is 10.4 Å². The van der Waals surface area contributed by atoms with E-state index in [1.54, 1.807) is 23.9 Å². The summed E-state index contributed by atoms with van der Waals surface area (Å²) in [5.74, 6) is -0.345. The molecule has 0 bridgehead atoms. The van der Waals surface area contributed by atoms with Crippen LogP contribution in [0.3, 0.4) is 0 Å². The zero-order valence-electron chi connectivity index (χ0n) is 9.20. The molecule has 0 aliphatic rings. The molecule has 6 heteroatoms. The van der Waals surface area contributed by atoms with E-state index in [2.05, 4.69) is 5.32 Å². The molecule has 0 atom stereocenters. The summed E-state index contributed by atoms with van der Waals surface area (Å²) in [5, 5.41) is 11.6. The molecule has 0 fully saturated rings. The Bertz CT molecular complexity index is 437. The van der Waals surface area contributed by atoms with Gasteiger partial charge in [-0.1, -0.05) is 0 Å². The van der Waals surface area contributed by atoms with Crippen LogP contribution in [0.15, 0.2) is 18.2 Å². The third-order valence-corrected chi connectivity index (χ3v) is 3.20. The number of benzene rings is 1. The number of amides is 1. The summed E-state index contributed by atoms with van der Waals surface area (Å²) in [7, 11) is 0. The number of carboxylic acids is 1. The highest BCUT2D eigenvalue weighted by atomic mass is 127. The first-order valence-electron chi connectivity index (χ1n) is 4.85. The van der Waals surface area contributed by atoms with Gasteiger partial charge in [-0.05, 0) is 47.0 Å². The topological polar surface area (TPSA) is 66.4 Å². The number of nitrogens with one attached hydrogen (secondary N) is 1. The van der Waals surface area contributed by atoms with E-state index in [4.69, 9.17) is 5.11 Å². The van der Waals surface area contributed by atoms with Crippen molar-refractivity contribution in [2.24, 2.45) is 0 Å². The van der Waals surface area contributed by atoms with Crippen molar-refractivity contribution in [3.8, 4) is 0 Å². The van der Waals surface area contributed by atoms with Crippen molar-refractivity contribution in [2.45, 2.75) is 6.42 Å². The number of hydrogen-bond acceptors (Lipinski definition) is 3. The van der Waals surface area contributed by atoms with Gasteiger partial charge in [0.05, 0.1) is 5.56 Å². The molecule has 0 heterocycles. The Labute approximate surface area is 117 Å². The molecule has 1 amide bonds. The molecule has 1 aromatic carbocycles. The average molecular weight is 365 g/mol. The van der Waals surface area contributed by atoms with E-state index >= 15 is 0 Å². The number of halogens is 1. The van der Waals surface area contributed by atoms with Crippen LogP contribution in [0, 0.1) is 3.57 Å². The van der Waals surface area contributed by atoms with Crippen molar-refractivity contribution in [1.29, 1.82) is 0 Å². The van der Waals surface area contributed by atoms with Crippen LogP contribution < -0.4 is 5.32 Å². The summed E-state index contributed by atoms with van der Waals surface area (Å²) >= 11 is 3.62. The molecule has 0 aliphatic heterocycles. The van der Waals surface area contributed by atoms with Gasteiger partial charge in [-0.2, -0.15) is 11.8 Å². The summed E-state index contributed by atoms with van der Waals surface area (Å²) in [4.78, 5) is 22.3. The van der Waals surface area contributed by atoms with E-state index < -0.39 is 5.97 Å². The minimum Gasteiger partial charge on any atom is -0.478 e. The van der Waals surface area contributed by atoms with E-state index in [0.29, 0.717) is 12.1 Å². The SMILES string of the molecule is CSCCC(=O)Nc1cc(I)cc(C(=O)O)c1. The van der Waals surface area contributed by atoms with Gasteiger partial charge in [0.2, 0.25) is 5.91 Å². The molecule has 1 rings (SSSR count). The minimum absolute atomic E-state index is 0.0994. The van der Waals surface area contributed by atoms with Crippen LogP contribution in [-0.2, 0) is 4.79 Å². The molecular formula is C11H12INO3S. The van der Waals surface area contributed by atoms with E-state index in [0.717, 1.165) is 9.32 Å². The number of carboxylic acid groups (broad SMARTS) is 1. The highest BCUT2D eigenvalue weighted by Gasteiger charge is 2.08. The minimum atomic E-state index is -0.997. The highest BCUT2D eigenvalue weighted by Crippen LogP contribution is 2.17. The molecular weight excluding hydrogens is 353 g/mol. The van der Waals surface area contributed by atoms with Crippen molar-refractivity contribution in [1.82, 2.24) is 0 Å². The van der Waals surface area contributed by atoms with E-state index in [9.17, 15) is 9.59 Å². The highest BCUT2D eigenvalue weighted by molar-refractivity contribution is 14.1. The molecule has 17 heavy (non-hydrogen) atoms. The van der Waals surface area contributed by atoms with Crippen LogP contribution in [0.1, 0.15) is 16.8 Å². The first-order valence-corrected chi connectivity index (χ1v) is 7.33. The maximum Gasteiger partial charge on any atom is 0.335 e. The average Bonchev–Trinajstić information content (AvgIpc) is 2.25. The number of anilines is 1. The lowest BCUT2D eigenvalue weighted by atomic mass is 10.2. The Kier molecular flexibility index (Phi) is 5.76. The molecule has 0 radical (unpaired) electrons. The molecule has 0 aromatic heterocycles.